The molecule has 1 aromatic carbocycles. The number of hydrogen-bond donors (Lipinski definition) is 0. The van der Waals surface area contributed by atoms with Crippen LogP contribution in [0.4, 0.5) is 0 Å². The maximum atomic E-state index is 11.2. The van der Waals surface area contributed by atoms with Gasteiger partial charge in [0.2, 0.25) is 6.79 Å². The number of hydrogen-bond acceptors (Lipinski definition) is 5. The summed E-state index contributed by atoms with van der Waals surface area (Å²) in [6.45, 7) is 4.29. The summed E-state index contributed by atoms with van der Waals surface area (Å²) in [5, 5.41) is 0. The van der Waals surface area contributed by atoms with Crippen molar-refractivity contribution < 1.29 is 23.7 Å². The Labute approximate surface area is 157 Å². The van der Waals surface area contributed by atoms with E-state index in [1.165, 1.54) is 25.7 Å². The summed E-state index contributed by atoms with van der Waals surface area (Å²) >= 11 is 0. The molecule has 0 saturated carbocycles. The number of esters is 1. The lowest BCUT2D eigenvalue weighted by Gasteiger charge is -2.06. The molecule has 1 aliphatic rings. The fourth-order valence-electron chi connectivity index (χ4n) is 2.87. The summed E-state index contributed by atoms with van der Waals surface area (Å²) in [5.41, 5.74) is 1.12. The van der Waals surface area contributed by atoms with Crippen LogP contribution in [-0.4, -0.2) is 26.0 Å². The summed E-state index contributed by atoms with van der Waals surface area (Å²) < 4.78 is 21.5. The average Bonchev–Trinajstić information content (AvgIpc) is 3.10. The van der Waals surface area contributed by atoms with Gasteiger partial charge < -0.3 is 18.9 Å². The standard InChI is InChI=1S/C21H32O5/c1-2-10-21(22)24-14-9-7-5-3-4-6-8-13-23-16-18-11-12-19-20(15-18)26-17-25-19/h11-12,15H,2-10,13-14,16-17H2,1H3. The lowest BCUT2D eigenvalue weighted by atomic mass is 10.1. The van der Waals surface area contributed by atoms with Crippen molar-refractivity contribution in [3.63, 3.8) is 0 Å². The molecule has 5 heteroatoms. The molecular formula is C21H32O5. The van der Waals surface area contributed by atoms with Crippen molar-refractivity contribution in [3.8, 4) is 11.5 Å². The van der Waals surface area contributed by atoms with Crippen LogP contribution >= 0.6 is 0 Å². The van der Waals surface area contributed by atoms with Crippen LogP contribution in [0.2, 0.25) is 0 Å². The molecule has 0 radical (unpaired) electrons. The first-order chi connectivity index (χ1) is 12.8. The third-order valence-electron chi connectivity index (χ3n) is 4.36. The number of rotatable bonds is 14. The molecule has 0 unspecified atom stereocenters. The first-order valence-electron chi connectivity index (χ1n) is 9.91. The van der Waals surface area contributed by atoms with Crippen molar-refractivity contribution >= 4 is 5.97 Å². The van der Waals surface area contributed by atoms with E-state index in [9.17, 15) is 4.79 Å². The molecule has 5 nitrogen and oxygen atoms in total. The van der Waals surface area contributed by atoms with E-state index in [1.807, 2.05) is 25.1 Å². The van der Waals surface area contributed by atoms with E-state index in [0.29, 0.717) is 26.4 Å². The van der Waals surface area contributed by atoms with Gasteiger partial charge in [0.25, 0.3) is 0 Å². The Balaban J connectivity index is 1.36. The molecular weight excluding hydrogens is 332 g/mol. The second-order valence-corrected chi connectivity index (χ2v) is 6.69. The Kier molecular flexibility index (Phi) is 9.95. The minimum atomic E-state index is -0.0618. The summed E-state index contributed by atoms with van der Waals surface area (Å²) in [7, 11) is 0. The minimum absolute atomic E-state index is 0.0618. The largest absolute Gasteiger partial charge is 0.466 e. The van der Waals surface area contributed by atoms with Crippen LogP contribution < -0.4 is 9.47 Å². The third-order valence-corrected chi connectivity index (χ3v) is 4.36. The van der Waals surface area contributed by atoms with Crippen molar-refractivity contribution in [1.29, 1.82) is 0 Å². The number of carbonyl (C=O) groups excluding carboxylic acids is 1. The summed E-state index contributed by atoms with van der Waals surface area (Å²) in [4.78, 5) is 11.2. The van der Waals surface area contributed by atoms with Crippen molar-refractivity contribution in [3.05, 3.63) is 23.8 Å². The minimum Gasteiger partial charge on any atom is -0.466 e. The summed E-state index contributed by atoms with van der Waals surface area (Å²) in [6, 6.07) is 5.95. The molecule has 26 heavy (non-hydrogen) atoms. The molecule has 2 rings (SSSR count). The molecule has 0 spiro atoms. The van der Waals surface area contributed by atoms with Gasteiger partial charge in [-0.15, -0.1) is 0 Å². The lowest BCUT2D eigenvalue weighted by molar-refractivity contribution is -0.143. The predicted molar refractivity (Wildman–Crippen MR) is 100 cm³/mol. The molecule has 0 bridgehead atoms. The fourth-order valence-corrected chi connectivity index (χ4v) is 2.87. The van der Waals surface area contributed by atoms with Gasteiger partial charge in [-0.2, -0.15) is 0 Å². The maximum absolute atomic E-state index is 11.2. The maximum Gasteiger partial charge on any atom is 0.305 e. The van der Waals surface area contributed by atoms with Crippen LogP contribution in [0.15, 0.2) is 18.2 Å². The van der Waals surface area contributed by atoms with E-state index in [4.69, 9.17) is 18.9 Å². The van der Waals surface area contributed by atoms with E-state index < -0.39 is 0 Å². The highest BCUT2D eigenvalue weighted by Crippen LogP contribution is 2.32. The first kappa shape index (κ1) is 20.6. The molecule has 0 N–H and O–H groups in total. The van der Waals surface area contributed by atoms with Crippen LogP contribution in [0, 0.1) is 0 Å². The second kappa shape index (κ2) is 12.6. The van der Waals surface area contributed by atoms with Crippen LogP contribution in [-0.2, 0) is 20.9 Å². The molecule has 0 aliphatic carbocycles. The van der Waals surface area contributed by atoms with Gasteiger partial charge in [0.1, 0.15) is 0 Å². The molecule has 0 fully saturated rings. The van der Waals surface area contributed by atoms with E-state index in [1.54, 1.807) is 0 Å². The van der Waals surface area contributed by atoms with Crippen molar-refractivity contribution in [1.82, 2.24) is 0 Å². The number of unbranched alkanes of at least 4 members (excludes halogenated alkanes) is 6. The number of fused-ring (bicyclic) bond motifs is 1. The highest BCUT2D eigenvalue weighted by atomic mass is 16.7. The molecule has 0 atom stereocenters. The number of carbonyl (C=O) groups is 1. The zero-order valence-electron chi connectivity index (χ0n) is 16.0. The van der Waals surface area contributed by atoms with Crippen LogP contribution in [0.5, 0.6) is 11.5 Å². The van der Waals surface area contributed by atoms with Gasteiger partial charge in [-0.1, -0.05) is 45.1 Å². The topological polar surface area (TPSA) is 54.0 Å². The van der Waals surface area contributed by atoms with Crippen molar-refractivity contribution in [2.75, 3.05) is 20.0 Å². The molecule has 1 heterocycles. The predicted octanol–water partition coefficient (Wildman–Crippen LogP) is 5.01. The summed E-state index contributed by atoms with van der Waals surface area (Å²) in [6.07, 6.45) is 9.51. The van der Waals surface area contributed by atoms with E-state index in [2.05, 4.69) is 0 Å². The Hall–Kier alpha value is -1.75. The highest BCUT2D eigenvalue weighted by Gasteiger charge is 2.12. The number of benzene rings is 1. The van der Waals surface area contributed by atoms with Crippen molar-refractivity contribution in [2.24, 2.45) is 0 Å². The zero-order chi connectivity index (χ0) is 18.5. The third kappa shape index (κ3) is 8.09. The SMILES string of the molecule is CCCC(=O)OCCCCCCCCCOCc1ccc2c(c1)OCO2. The fraction of sp³-hybridized carbons (Fsp3) is 0.667. The Morgan fingerprint density at radius 2 is 1.65 bits per heavy atom. The van der Waals surface area contributed by atoms with Gasteiger partial charge in [0.05, 0.1) is 13.2 Å². The van der Waals surface area contributed by atoms with E-state index in [-0.39, 0.29) is 5.97 Å². The molecule has 1 aliphatic heterocycles. The molecule has 0 saturated heterocycles. The highest BCUT2D eigenvalue weighted by molar-refractivity contribution is 5.69. The van der Waals surface area contributed by atoms with Gasteiger partial charge in [0, 0.05) is 13.0 Å². The van der Waals surface area contributed by atoms with E-state index in [0.717, 1.165) is 49.4 Å². The van der Waals surface area contributed by atoms with Crippen LogP contribution in [0.1, 0.15) is 70.3 Å². The summed E-state index contributed by atoms with van der Waals surface area (Å²) in [5.74, 6) is 1.56. The second-order valence-electron chi connectivity index (χ2n) is 6.69. The first-order valence-corrected chi connectivity index (χ1v) is 9.91. The van der Waals surface area contributed by atoms with Gasteiger partial charge in [-0.3, -0.25) is 4.79 Å². The zero-order valence-corrected chi connectivity index (χ0v) is 16.0. The number of ether oxygens (including phenoxy) is 4. The normalized spacial score (nSPS) is 12.3. The Bertz CT molecular complexity index is 529. The lowest BCUT2D eigenvalue weighted by Crippen LogP contribution is -2.04. The van der Waals surface area contributed by atoms with E-state index >= 15 is 0 Å². The van der Waals surface area contributed by atoms with Gasteiger partial charge >= 0.3 is 5.97 Å². The molecule has 1 aromatic rings. The van der Waals surface area contributed by atoms with Crippen LogP contribution in [0.3, 0.4) is 0 Å². The van der Waals surface area contributed by atoms with Gasteiger partial charge in [0.15, 0.2) is 11.5 Å². The molecule has 146 valence electrons. The van der Waals surface area contributed by atoms with Gasteiger partial charge in [-0.25, -0.2) is 0 Å². The molecule has 0 aromatic heterocycles. The Morgan fingerprint density at radius 1 is 0.962 bits per heavy atom. The van der Waals surface area contributed by atoms with Crippen molar-refractivity contribution in [2.45, 2.75) is 71.3 Å². The van der Waals surface area contributed by atoms with Crippen LogP contribution in [0.25, 0.3) is 0 Å². The monoisotopic (exact) mass is 364 g/mol. The van der Waals surface area contributed by atoms with Gasteiger partial charge in [-0.05, 0) is 37.0 Å². The average molecular weight is 364 g/mol. The Morgan fingerprint density at radius 3 is 2.42 bits per heavy atom. The quantitative estimate of drug-likeness (QED) is 0.343. The smallest absolute Gasteiger partial charge is 0.305 e. The molecule has 0 amide bonds.